The van der Waals surface area contributed by atoms with Crippen molar-refractivity contribution in [1.82, 2.24) is 4.90 Å². The van der Waals surface area contributed by atoms with Gasteiger partial charge in [-0.05, 0) is 24.6 Å². The van der Waals surface area contributed by atoms with Crippen LogP contribution in [0.4, 0.5) is 0 Å². The Balaban J connectivity index is 1.64. The van der Waals surface area contributed by atoms with Crippen molar-refractivity contribution >= 4 is 32.7 Å². The number of carbonyl (C=O) groups excluding carboxylic acids is 1. The second-order valence-corrected chi connectivity index (χ2v) is 10.3. The number of nitrogens with zero attached hydrogens (tertiary/aromatic N) is 2. The average Bonchev–Trinajstić information content (AvgIpc) is 3.10. The third-order valence-corrected chi connectivity index (χ3v) is 8.11. The van der Waals surface area contributed by atoms with E-state index in [0.717, 1.165) is 5.56 Å². The molecule has 0 radical (unpaired) electrons. The van der Waals surface area contributed by atoms with Gasteiger partial charge in [-0.3, -0.25) is 4.79 Å². The lowest BCUT2D eigenvalue weighted by Gasteiger charge is -2.24. The monoisotopic (exact) mass is 400 g/mol. The molecule has 0 N–H and O–H groups in total. The zero-order chi connectivity index (χ0) is 19.0. The molecule has 0 bridgehead atoms. The van der Waals surface area contributed by atoms with Crippen LogP contribution in [0, 0.1) is 6.92 Å². The van der Waals surface area contributed by atoms with Crippen molar-refractivity contribution < 1.29 is 13.2 Å². The van der Waals surface area contributed by atoms with Gasteiger partial charge in [-0.25, -0.2) is 8.42 Å². The van der Waals surface area contributed by atoms with Crippen LogP contribution in [0.15, 0.2) is 59.6 Å². The van der Waals surface area contributed by atoms with Crippen molar-refractivity contribution in [2.24, 2.45) is 4.99 Å². The number of hydrogen-bond acceptors (Lipinski definition) is 4. The van der Waals surface area contributed by atoms with Gasteiger partial charge in [0.25, 0.3) is 5.91 Å². The van der Waals surface area contributed by atoms with Gasteiger partial charge < -0.3 is 4.90 Å². The van der Waals surface area contributed by atoms with E-state index in [0.29, 0.717) is 17.3 Å². The Kier molecular flexibility index (Phi) is 4.82. The number of rotatable bonds is 3. The molecular formula is C20H20N2O3S2. The summed E-state index contributed by atoms with van der Waals surface area (Å²) in [4.78, 5) is 18.9. The Hall–Kier alpha value is -2.12. The quantitative estimate of drug-likeness (QED) is 0.793. The van der Waals surface area contributed by atoms with E-state index in [9.17, 15) is 13.2 Å². The summed E-state index contributed by atoms with van der Waals surface area (Å²) in [7, 11) is -3.04. The molecule has 4 rings (SSSR count). The molecule has 140 valence electrons. The summed E-state index contributed by atoms with van der Waals surface area (Å²) in [5.74, 6) is -0.0322. The van der Waals surface area contributed by atoms with Crippen molar-refractivity contribution in [3.05, 3.63) is 71.3 Å². The molecule has 0 saturated carbocycles. The highest BCUT2D eigenvalue weighted by atomic mass is 32.2. The van der Waals surface area contributed by atoms with Crippen LogP contribution in [0.25, 0.3) is 0 Å². The highest BCUT2D eigenvalue weighted by Gasteiger charge is 2.48. The van der Waals surface area contributed by atoms with Gasteiger partial charge in [0, 0.05) is 17.4 Å². The Morgan fingerprint density at radius 2 is 1.81 bits per heavy atom. The normalized spacial score (nSPS) is 24.9. The number of carbonyl (C=O) groups is 1. The second-order valence-electron chi connectivity index (χ2n) is 6.98. The van der Waals surface area contributed by atoms with Gasteiger partial charge in [-0.1, -0.05) is 59.8 Å². The maximum atomic E-state index is 12.5. The molecule has 2 heterocycles. The minimum absolute atomic E-state index is 0.0669. The molecule has 2 atom stereocenters. The van der Waals surface area contributed by atoms with Crippen LogP contribution < -0.4 is 0 Å². The molecule has 2 saturated heterocycles. The maximum Gasteiger partial charge on any atom is 0.279 e. The molecule has 2 aromatic carbocycles. The largest absolute Gasteiger partial charge is 0.342 e. The molecule has 0 aromatic heterocycles. The fourth-order valence-electron chi connectivity index (χ4n) is 3.44. The first-order valence-electron chi connectivity index (χ1n) is 8.79. The van der Waals surface area contributed by atoms with Gasteiger partial charge >= 0.3 is 0 Å². The van der Waals surface area contributed by atoms with Gasteiger partial charge in [0.05, 0.1) is 17.5 Å². The van der Waals surface area contributed by atoms with Crippen LogP contribution >= 0.6 is 11.8 Å². The summed E-state index contributed by atoms with van der Waals surface area (Å²) in [6.07, 6.45) is 0. The van der Waals surface area contributed by atoms with Gasteiger partial charge in [-0.15, -0.1) is 0 Å². The number of amides is 1. The summed E-state index contributed by atoms with van der Waals surface area (Å²) >= 11 is 1.41. The highest BCUT2D eigenvalue weighted by molar-refractivity contribution is 8.15. The van der Waals surface area contributed by atoms with Crippen LogP contribution in [0.3, 0.4) is 0 Å². The van der Waals surface area contributed by atoms with Gasteiger partial charge in [0.1, 0.15) is 0 Å². The Morgan fingerprint density at radius 1 is 1.11 bits per heavy atom. The minimum atomic E-state index is -3.04. The Bertz CT molecular complexity index is 986. The lowest BCUT2D eigenvalue weighted by Crippen LogP contribution is -2.37. The first-order valence-corrected chi connectivity index (χ1v) is 11.5. The molecule has 0 unspecified atom stereocenters. The summed E-state index contributed by atoms with van der Waals surface area (Å²) < 4.78 is 24.2. The molecule has 0 spiro atoms. The second kappa shape index (κ2) is 7.13. The minimum Gasteiger partial charge on any atom is -0.342 e. The van der Waals surface area contributed by atoms with Crippen LogP contribution in [0.2, 0.25) is 0 Å². The fraction of sp³-hybridized carbons (Fsp3) is 0.300. The summed E-state index contributed by atoms with van der Waals surface area (Å²) in [6.45, 7) is 2.57. The van der Waals surface area contributed by atoms with Gasteiger partial charge in [-0.2, -0.15) is 4.99 Å². The van der Waals surface area contributed by atoms with E-state index >= 15 is 0 Å². The molecule has 27 heavy (non-hydrogen) atoms. The highest BCUT2D eigenvalue weighted by Crippen LogP contribution is 2.39. The number of hydrogen-bond donors (Lipinski definition) is 0. The number of fused-ring (bicyclic) bond motifs is 1. The van der Waals surface area contributed by atoms with E-state index in [4.69, 9.17) is 0 Å². The number of benzene rings is 2. The maximum absolute atomic E-state index is 12.5. The standard InChI is InChI=1S/C20H20N2O3S2/c1-14-7-9-15(10-8-14)11-22-17-12-27(24,25)13-18(17)26-20(22)21-19(23)16-5-3-2-4-6-16/h2-10,17-18H,11-13H2,1H3/t17-,18+/m1/s1. The van der Waals surface area contributed by atoms with Crippen molar-refractivity contribution in [2.45, 2.75) is 24.8 Å². The van der Waals surface area contributed by atoms with Crippen molar-refractivity contribution in [2.75, 3.05) is 11.5 Å². The lowest BCUT2D eigenvalue weighted by atomic mass is 10.1. The van der Waals surface area contributed by atoms with E-state index < -0.39 is 9.84 Å². The fourth-order valence-corrected chi connectivity index (χ4v) is 7.39. The summed E-state index contributed by atoms with van der Waals surface area (Å²) in [5, 5.41) is 0.553. The third kappa shape index (κ3) is 3.94. The molecule has 2 aromatic rings. The van der Waals surface area contributed by atoms with Crippen molar-refractivity contribution in [1.29, 1.82) is 0 Å². The first kappa shape index (κ1) is 18.3. The molecule has 1 amide bonds. The molecule has 0 aliphatic carbocycles. The molecule has 5 nitrogen and oxygen atoms in total. The smallest absolute Gasteiger partial charge is 0.279 e. The first-order chi connectivity index (χ1) is 12.9. The number of aliphatic imine (C=N–C) groups is 1. The van der Waals surface area contributed by atoms with Crippen LogP contribution in [0.1, 0.15) is 21.5 Å². The SMILES string of the molecule is Cc1ccc(CN2C(=NC(=O)c3ccccc3)S[C@H]3CS(=O)(=O)C[C@H]32)cc1. The van der Waals surface area contributed by atoms with E-state index in [2.05, 4.69) is 4.99 Å². The molecule has 2 fully saturated rings. The van der Waals surface area contributed by atoms with Gasteiger partial charge in [0.2, 0.25) is 0 Å². The molecule has 2 aliphatic rings. The zero-order valence-electron chi connectivity index (χ0n) is 14.9. The predicted molar refractivity (Wildman–Crippen MR) is 109 cm³/mol. The number of aryl methyl sites for hydroxylation is 1. The molecule has 2 aliphatic heterocycles. The van der Waals surface area contributed by atoms with E-state index in [1.54, 1.807) is 24.3 Å². The number of amidine groups is 1. The van der Waals surface area contributed by atoms with Crippen molar-refractivity contribution in [3.8, 4) is 0 Å². The van der Waals surface area contributed by atoms with Crippen molar-refractivity contribution in [3.63, 3.8) is 0 Å². The third-order valence-electron chi connectivity index (χ3n) is 4.87. The Morgan fingerprint density at radius 3 is 2.52 bits per heavy atom. The summed E-state index contributed by atoms with van der Waals surface area (Å²) in [6, 6.07) is 16.9. The lowest BCUT2D eigenvalue weighted by molar-refractivity contribution is 0.100. The van der Waals surface area contributed by atoms with Gasteiger partial charge in [0.15, 0.2) is 15.0 Å². The van der Waals surface area contributed by atoms with E-state index in [1.165, 1.54) is 17.3 Å². The predicted octanol–water partition coefficient (Wildman–Crippen LogP) is 2.91. The van der Waals surface area contributed by atoms with E-state index in [-0.39, 0.29) is 28.7 Å². The molecular weight excluding hydrogens is 380 g/mol. The topological polar surface area (TPSA) is 66.8 Å². The zero-order valence-corrected chi connectivity index (χ0v) is 16.5. The molecule has 7 heteroatoms. The van der Waals surface area contributed by atoms with Crippen LogP contribution in [-0.2, 0) is 16.4 Å². The Labute approximate surface area is 163 Å². The van der Waals surface area contributed by atoms with Crippen LogP contribution in [-0.4, -0.2) is 47.2 Å². The summed E-state index contributed by atoms with van der Waals surface area (Å²) in [5.41, 5.74) is 2.78. The number of sulfone groups is 1. The number of thioether (sulfide) groups is 1. The van der Waals surface area contributed by atoms with Crippen LogP contribution in [0.5, 0.6) is 0 Å². The average molecular weight is 401 g/mol. The van der Waals surface area contributed by atoms with E-state index in [1.807, 2.05) is 42.2 Å².